The number of nitrogens with zero attached hydrogens (tertiary/aromatic N) is 3. The Labute approximate surface area is 216 Å². The lowest BCUT2D eigenvalue weighted by molar-refractivity contribution is -0.200. The van der Waals surface area contributed by atoms with Crippen LogP contribution in [0.15, 0.2) is 18.2 Å². The number of morpholine rings is 1. The van der Waals surface area contributed by atoms with Gasteiger partial charge in [0.2, 0.25) is 0 Å². The smallest absolute Gasteiger partial charge is 0.425 e. The number of anilines is 1. The van der Waals surface area contributed by atoms with Gasteiger partial charge in [-0.15, -0.1) is 0 Å². The van der Waals surface area contributed by atoms with E-state index in [1.165, 1.54) is 11.0 Å². The van der Waals surface area contributed by atoms with E-state index in [4.69, 9.17) is 4.74 Å². The fourth-order valence-electron chi connectivity index (χ4n) is 4.48. The second kappa shape index (κ2) is 11.2. The molecule has 1 amide bonds. The van der Waals surface area contributed by atoms with Crippen LogP contribution in [0.3, 0.4) is 0 Å². The quantitative estimate of drug-likeness (QED) is 0.522. The molecule has 2 saturated heterocycles. The SMILES string of the molecule is CC(OC(=O)N1CCC(C)(N(C)Cc2ccc(C(F)(F)F)cc2N2CCOC(C(=O)O)C2)CC1)C(F)(F)F. The van der Waals surface area contributed by atoms with E-state index < -0.39 is 47.7 Å². The molecule has 0 radical (unpaired) electrons. The molecule has 2 aliphatic rings. The van der Waals surface area contributed by atoms with Crippen LogP contribution in [-0.2, 0) is 27.0 Å². The van der Waals surface area contributed by atoms with E-state index in [1.54, 1.807) is 11.9 Å². The Hall–Kier alpha value is -2.74. The van der Waals surface area contributed by atoms with Crippen molar-refractivity contribution in [1.82, 2.24) is 9.80 Å². The van der Waals surface area contributed by atoms with E-state index in [9.17, 15) is 41.0 Å². The molecular formula is C24H31F6N3O5. The number of carbonyl (C=O) groups excluding carboxylic acids is 1. The third-order valence-corrected chi connectivity index (χ3v) is 7.26. The van der Waals surface area contributed by atoms with Gasteiger partial charge in [-0.25, -0.2) is 9.59 Å². The van der Waals surface area contributed by atoms with Gasteiger partial charge in [-0.2, -0.15) is 26.3 Å². The van der Waals surface area contributed by atoms with Gasteiger partial charge in [0.1, 0.15) is 0 Å². The third kappa shape index (κ3) is 7.01. The van der Waals surface area contributed by atoms with Crippen LogP contribution in [0.4, 0.5) is 36.8 Å². The van der Waals surface area contributed by atoms with Crippen LogP contribution in [-0.4, -0.2) is 90.7 Å². The van der Waals surface area contributed by atoms with Gasteiger partial charge in [0, 0.05) is 37.4 Å². The normalized spacial score (nSPS) is 21.4. The Morgan fingerprint density at radius 3 is 2.37 bits per heavy atom. The van der Waals surface area contributed by atoms with E-state index in [0.717, 1.165) is 19.1 Å². The van der Waals surface area contributed by atoms with E-state index in [-0.39, 0.29) is 45.0 Å². The summed E-state index contributed by atoms with van der Waals surface area (Å²) in [4.78, 5) is 28.3. The number of likely N-dealkylation sites (tertiary alicyclic amines) is 1. The zero-order valence-corrected chi connectivity index (χ0v) is 21.2. The number of carboxylic acid groups (broad SMARTS) is 1. The largest absolute Gasteiger partial charge is 0.479 e. The topological polar surface area (TPSA) is 82.5 Å². The highest BCUT2D eigenvalue weighted by atomic mass is 19.4. The number of halogens is 6. The number of aliphatic carboxylic acids is 1. The summed E-state index contributed by atoms with van der Waals surface area (Å²) >= 11 is 0. The maximum Gasteiger partial charge on any atom is 0.425 e. The first-order valence-corrected chi connectivity index (χ1v) is 12.0. The Bertz CT molecular complexity index is 1010. The van der Waals surface area contributed by atoms with Gasteiger partial charge in [0.25, 0.3) is 0 Å². The highest BCUT2D eigenvalue weighted by molar-refractivity contribution is 5.74. The third-order valence-electron chi connectivity index (χ3n) is 7.26. The van der Waals surface area contributed by atoms with E-state index in [1.807, 2.05) is 11.8 Å². The summed E-state index contributed by atoms with van der Waals surface area (Å²) in [5, 5.41) is 9.32. The van der Waals surface area contributed by atoms with E-state index in [0.29, 0.717) is 18.4 Å². The minimum atomic E-state index is -4.66. The lowest BCUT2D eigenvalue weighted by atomic mass is 9.87. The van der Waals surface area contributed by atoms with E-state index >= 15 is 0 Å². The predicted molar refractivity (Wildman–Crippen MR) is 124 cm³/mol. The highest BCUT2D eigenvalue weighted by Crippen LogP contribution is 2.36. The first-order valence-electron chi connectivity index (χ1n) is 12.0. The Balaban J connectivity index is 1.74. The first-order chi connectivity index (χ1) is 17.5. The Morgan fingerprint density at radius 1 is 1.18 bits per heavy atom. The molecule has 0 saturated carbocycles. The van der Waals surface area contributed by atoms with Gasteiger partial charge in [0.15, 0.2) is 12.2 Å². The van der Waals surface area contributed by atoms with Crippen LogP contribution in [0.25, 0.3) is 0 Å². The maximum absolute atomic E-state index is 13.5. The summed E-state index contributed by atoms with van der Waals surface area (Å²) in [6, 6.07) is 3.36. The van der Waals surface area contributed by atoms with Crippen LogP contribution < -0.4 is 4.90 Å². The van der Waals surface area contributed by atoms with Crippen molar-refractivity contribution >= 4 is 17.7 Å². The molecular weight excluding hydrogens is 524 g/mol. The zero-order valence-electron chi connectivity index (χ0n) is 21.2. The van der Waals surface area contributed by atoms with Crippen molar-refractivity contribution in [3.05, 3.63) is 29.3 Å². The summed E-state index contributed by atoms with van der Waals surface area (Å²) in [5.41, 5.74) is -0.565. The summed E-state index contributed by atoms with van der Waals surface area (Å²) in [6.07, 6.45) is -12.9. The van der Waals surface area contributed by atoms with Crippen LogP contribution in [0.1, 0.15) is 37.8 Å². The first kappa shape index (κ1) is 29.8. The fraction of sp³-hybridized carbons (Fsp3) is 0.667. The van der Waals surface area contributed by atoms with Crippen molar-refractivity contribution in [1.29, 1.82) is 0 Å². The molecule has 1 aromatic carbocycles. The summed E-state index contributed by atoms with van der Waals surface area (Å²) in [7, 11) is 1.78. The standard InChI is InChI=1S/C24H31F6N3O5/c1-15(23(25,26)27)38-21(36)32-8-6-22(2,7-9-32)31(3)13-16-4-5-17(24(28,29)30)12-18(16)33-10-11-37-19(14-33)20(34)35/h4-5,12,15,19H,6-11,13-14H2,1-3H3,(H,34,35). The monoisotopic (exact) mass is 555 g/mol. The molecule has 0 bridgehead atoms. The molecule has 2 unspecified atom stereocenters. The molecule has 3 rings (SSSR count). The number of amides is 1. The molecule has 0 spiro atoms. The highest BCUT2D eigenvalue weighted by Gasteiger charge is 2.42. The lowest BCUT2D eigenvalue weighted by Gasteiger charge is -2.45. The van der Waals surface area contributed by atoms with Crippen molar-refractivity contribution in [2.24, 2.45) is 0 Å². The van der Waals surface area contributed by atoms with Crippen LogP contribution in [0.5, 0.6) is 0 Å². The maximum atomic E-state index is 13.5. The molecule has 0 aromatic heterocycles. The molecule has 0 aliphatic carbocycles. The minimum absolute atomic E-state index is 0.0408. The Morgan fingerprint density at radius 2 is 1.82 bits per heavy atom. The molecule has 214 valence electrons. The van der Waals surface area contributed by atoms with Gasteiger partial charge >= 0.3 is 24.4 Å². The van der Waals surface area contributed by atoms with Gasteiger partial charge in [-0.1, -0.05) is 6.07 Å². The van der Waals surface area contributed by atoms with Crippen molar-refractivity contribution in [3.8, 4) is 0 Å². The average molecular weight is 556 g/mol. The molecule has 14 heteroatoms. The molecule has 2 aliphatic heterocycles. The van der Waals surface area contributed by atoms with Gasteiger partial charge < -0.3 is 24.4 Å². The second-order valence-electron chi connectivity index (χ2n) is 9.89. The van der Waals surface area contributed by atoms with Crippen molar-refractivity contribution < 1.29 is 50.5 Å². The molecule has 2 fully saturated rings. The van der Waals surface area contributed by atoms with Crippen molar-refractivity contribution in [3.63, 3.8) is 0 Å². The van der Waals surface area contributed by atoms with Gasteiger partial charge in [-0.3, -0.25) is 4.90 Å². The van der Waals surface area contributed by atoms with Crippen LogP contribution >= 0.6 is 0 Å². The van der Waals surface area contributed by atoms with Crippen molar-refractivity contribution in [2.45, 2.75) is 63.3 Å². The second-order valence-corrected chi connectivity index (χ2v) is 9.89. The summed E-state index contributed by atoms with van der Waals surface area (Å²) in [5.74, 6) is -1.21. The fourth-order valence-corrected chi connectivity index (χ4v) is 4.48. The predicted octanol–water partition coefficient (Wildman–Crippen LogP) is 4.37. The lowest BCUT2D eigenvalue weighted by Crippen LogP contribution is -2.53. The number of hydrogen-bond acceptors (Lipinski definition) is 6. The van der Waals surface area contributed by atoms with E-state index in [2.05, 4.69) is 4.74 Å². The zero-order chi connectivity index (χ0) is 28.5. The van der Waals surface area contributed by atoms with Gasteiger partial charge in [-0.05, 0) is 51.4 Å². The summed E-state index contributed by atoms with van der Waals surface area (Å²) in [6.45, 7) is 3.32. The number of benzene rings is 1. The number of carbonyl (C=O) groups is 2. The molecule has 1 aromatic rings. The number of rotatable bonds is 6. The number of alkyl halides is 6. The van der Waals surface area contributed by atoms with Crippen molar-refractivity contribution in [2.75, 3.05) is 44.7 Å². The minimum Gasteiger partial charge on any atom is -0.479 e. The van der Waals surface area contributed by atoms with Crippen LogP contribution in [0.2, 0.25) is 0 Å². The van der Waals surface area contributed by atoms with Gasteiger partial charge in [0.05, 0.1) is 18.7 Å². The molecule has 38 heavy (non-hydrogen) atoms. The number of piperidine rings is 1. The van der Waals surface area contributed by atoms with Crippen LogP contribution in [0, 0.1) is 0 Å². The molecule has 2 atom stereocenters. The molecule has 8 nitrogen and oxygen atoms in total. The molecule has 1 N–H and O–H groups in total. The number of ether oxygens (including phenoxy) is 2. The molecule has 2 heterocycles. The number of carboxylic acids is 1. The Kier molecular flexibility index (Phi) is 8.76. The number of hydrogen-bond donors (Lipinski definition) is 1. The average Bonchev–Trinajstić information content (AvgIpc) is 2.83. The summed E-state index contributed by atoms with van der Waals surface area (Å²) < 4.78 is 88.4.